The molecule has 1 N–H and O–H groups in total. The van der Waals surface area contributed by atoms with E-state index in [9.17, 15) is 8.42 Å². The summed E-state index contributed by atoms with van der Waals surface area (Å²) in [6.07, 6.45) is 1.42. The highest BCUT2D eigenvalue weighted by molar-refractivity contribution is 7.85. The first-order valence-corrected chi connectivity index (χ1v) is 9.82. The predicted molar refractivity (Wildman–Crippen MR) is 81.3 cm³/mol. The van der Waals surface area contributed by atoms with Crippen LogP contribution in [0.3, 0.4) is 0 Å². The molecular weight excluding hydrogens is 302 g/mol. The summed E-state index contributed by atoms with van der Waals surface area (Å²) in [4.78, 5) is 2.09. The van der Waals surface area contributed by atoms with Gasteiger partial charge in [-0.25, -0.2) is 0 Å². The molecule has 124 valence electrons. The minimum absolute atomic E-state index is 0.132. The molecule has 0 bridgehead atoms. The van der Waals surface area contributed by atoms with E-state index < -0.39 is 18.9 Å². The summed E-state index contributed by atoms with van der Waals surface area (Å²) in [5.41, 5.74) is 0.215. The minimum Gasteiger partial charge on any atom is -0.376 e. The van der Waals surface area contributed by atoms with E-state index in [0.717, 1.165) is 6.42 Å². The van der Waals surface area contributed by atoms with Crippen molar-refractivity contribution in [3.8, 4) is 0 Å². The lowest BCUT2D eigenvalue weighted by Crippen LogP contribution is -2.59. The molecule has 0 saturated heterocycles. The number of rotatable bonds is 8. The Balaban J connectivity index is 0. The van der Waals surface area contributed by atoms with Gasteiger partial charge in [0, 0.05) is 21.3 Å². The van der Waals surface area contributed by atoms with E-state index in [1.165, 1.54) is 0 Å². The van der Waals surface area contributed by atoms with Gasteiger partial charge >= 0.3 is 8.80 Å². The zero-order valence-corrected chi connectivity index (χ0v) is 15.4. The van der Waals surface area contributed by atoms with Crippen LogP contribution >= 0.6 is 0 Å². The van der Waals surface area contributed by atoms with Crippen LogP contribution in [0.5, 0.6) is 0 Å². The average Bonchev–Trinajstić information content (AvgIpc) is 2.35. The Hall–Kier alpha value is -0.0331. The highest BCUT2D eigenvalue weighted by Crippen LogP contribution is 2.18. The molecule has 7 nitrogen and oxygen atoms in total. The molecule has 0 heterocycles. The lowest BCUT2D eigenvalue weighted by molar-refractivity contribution is 0.0864. The highest BCUT2D eigenvalue weighted by atomic mass is 32.2. The molecule has 0 amide bonds. The van der Waals surface area contributed by atoms with E-state index in [1.54, 1.807) is 28.3 Å². The van der Waals surface area contributed by atoms with Crippen LogP contribution in [0, 0.1) is 0 Å². The molecule has 0 fully saturated rings. The molecule has 9 heteroatoms. The van der Waals surface area contributed by atoms with Crippen LogP contribution in [-0.2, 0) is 23.4 Å². The third kappa shape index (κ3) is 8.30. The summed E-state index contributed by atoms with van der Waals surface area (Å²) in [6.45, 7) is 3.79. The van der Waals surface area contributed by atoms with Gasteiger partial charge in [0.05, 0.1) is 11.4 Å². The van der Waals surface area contributed by atoms with Crippen molar-refractivity contribution in [3.63, 3.8) is 0 Å². The number of nitrogens with zero attached hydrogens (tertiary/aromatic N) is 1. The van der Waals surface area contributed by atoms with Crippen LogP contribution in [0.25, 0.3) is 0 Å². The van der Waals surface area contributed by atoms with Crippen molar-refractivity contribution in [2.45, 2.75) is 32.4 Å². The maximum absolute atomic E-state index is 9.79. The molecule has 0 rings (SSSR count). The largest absolute Gasteiger partial charge is 0.518 e. The molecule has 0 aromatic heterocycles. The first-order chi connectivity index (χ1) is 9.13. The minimum atomic E-state index is -3.67. The molecule has 1 atom stereocenters. The fourth-order valence-electron chi connectivity index (χ4n) is 1.85. The summed E-state index contributed by atoms with van der Waals surface area (Å²) in [7, 11) is 2.79. The maximum Gasteiger partial charge on any atom is 0.518 e. The van der Waals surface area contributed by atoms with E-state index in [2.05, 4.69) is 11.8 Å². The van der Waals surface area contributed by atoms with Crippen LogP contribution < -0.4 is 0 Å². The summed E-state index contributed by atoms with van der Waals surface area (Å²) in [6, 6.07) is 0. The first kappa shape index (κ1) is 22.3. The van der Waals surface area contributed by atoms with Crippen LogP contribution in [0.15, 0.2) is 0 Å². The Kier molecular flexibility index (Phi) is 11.9. The molecule has 0 aliphatic heterocycles. The van der Waals surface area contributed by atoms with Crippen molar-refractivity contribution in [1.82, 2.24) is 4.90 Å². The van der Waals surface area contributed by atoms with Gasteiger partial charge in [-0.05, 0) is 26.9 Å². The molecule has 20 heavy (non-hydrogen) atoms. The van der Waals surface area contributed by atoms with Crippen molar-refractivity contribution in [3.05, 3.63) is 0 Å². The third-order valence-electron chi connectivity index (χ3n) is 2.73. The summed E-state index contributed by atoms with van der Waals surface area (Å²) in [5, 5.41) is 0. The van der Waals surface area contributed by atoms with Gasteiger partial charge in [0.25, 0.3) is 10.1 Å². The fraction of sp³-hybridized carbons (Fsp3) is 1.00. The van der Waals surface area contributed by atoms with Crippen LogP contribution in [-0.4, -0.2) is 73.5 Å². The zero-order valence-electron chi connectivity index (χ0n) is 13.5. The molecule has 0 radical (unpaired) electrons. The van der Waals surface area contributed by atoms with Gasteiger partial charge < -0.3 is 18.2 Å². The van der Waals surface area contributed by atoms with Crippen molar-refractivity contribution in [1.29, 1.82) is 0 Å². The van der Waals surface area contributed by atoms with Crippen LogP contribution in [0.2, 0.25) is 0 Å². The maximum atomic E-state index is 9.79. The van der Waals surface area contributed by atoms with Crippen molar-refractivity contribution < 1.29 is 26.2 Å². The molecule has 0 aromatic carbocycles. The molecule has 0 aromatic rings. The Labute approximate surface area is 124 Å². The van der Waals surface area contributed by atoms with E-state index in [0.29, 0.717) is 6.42 Å². The topological polar surface area (TPSA) is 85.3 Å². The standard InChI is InChI=1S/C8H21NO3Si.C3H8O3S/c1-7-8(9(2)3)13(10-4,11-5)12-6;1-2-3-7(4,5)6/h8H,7H2,1-6H3;2-3H2,1H3,(H,4,5,6). The smallest absolute Gasteiger partial charge is 0.376 e. The second-order valence-electron chi connectivity index (χ2n) is 4.39. The lowest BCUT2D eigenvalue weighted by Gasteiger charge is -2.35. The molecule has 0 saturated carbocycles. The van der Waals surface area contributed by atoms with Gasteiger partial charge in [0.1, 0.15) is 0 Å². The van der Waals surface area contributed by atoms with Gasteiger partial charge in [0.15, 0.2) is 0 Å². The monoisotopic (exact) mass is 331 g/mol. The van der Waals surface area contributed by atoms with Crippen LogP contribution in [0.1, 0.15) is 26.7 Å². The Morgan fingerprint density at radius 3 is 1.55 bits per heavy atom. The predicted octanol–water partition coefficient (Wildman–Crippen LogP) is 1.03. The van der Waals surface area contributed by atoms with Gasteiger partial charge in [-0.3, -0.25) is 4.55 Å². The summed E-state index contributed by atoms with van der Waals surface area (Å²) in [5.74, 6) is -0.132. The van der Waals surface area contributed by atoms with Crippen molar-refractivity contribution >= 4 is 18.9 Å². The first-order valence-electron chi connectivity index (χ1n) is 6.41. The Bertz CT molecular complexity index is 324. The van der Waals surface area contributed by atoms with Gasteiger partial charge in [-0.2, -0.15) is 8.42 Å². The fourth-order valence-corrected chi connectivity index (χ4v) is 4.81. The summed E-state index contributed by atoms with van der Waals surface area (Å²) < 4.78 is 43.8. The third-order valence-corrected chi connectivity index (χ3v) is 7.11. The van der Waals surface area contributed by atoms with Gasteiger partial charge in [0.2, 0.25) is 0 Å². The highest BCUT2D eigenvalue weighted by Gasteiger charge is 2.47. The molecular formula is C11H29NO6SSi. The van der Waals surface area contributed by atoms with E-state index in [1.807, 2.05) is 14.1 Å². The average molecular weight is 332 g/mol. The molecule has 0 aliphatic carbocycles. The summed E-state index contributed by atoms with van der Waals surface area (Å²) >= 11 is 0. The molecule has 0 spiro atoms. The number of hydrogen-bond donors (Lipinski definition) is 1. The Morgan fingerprint density at radius 2 is 1.50 bits per heavy atom. The molecule has 0 aliphatic rings. The lowest BCUT2D eigenvalue weighted by atomic mass is 10.4. The zero-order chi connectivity index (χ0) is 16.4. The van der Waals surface area contributed by atoms with Crippen molar-refractivity contribution in [2.75, 3.05) is 41.2 Å². The Morgan fingerprint density at radius 1 is 1.10 bits per heavy atom. The normalized spacial score (nSPS) is 13.8. The molecule has 1 unspecified atom stereocenters. The van der Waals surface area contributed by atoms with Gasteiger partial charge in [-0.1, -0.05) is 13.8 Å². The quantitative estimate of drug-likeness (QED) is 0.525. The van der Waals surface area contributed by atoms with Gasteiger partial charge in [-0.15, -0.1) is 0 Å². The van der Waals surface area contributed by atoms with E-state index in [-0.39, 0.29) is 11.4 Å². The SMILES string of the molecule is CCC(N(C)C)[Si](OC)(OC)OC.CCCS(=O)(=O)O. The van der Waals surface area contributed by atoms with E-state index >= 15 is 0 Å². The van der Waals surface area contributed by atoms with Crippen LogP contribution in [0.4, 0.5) is 0 Å². The second-order valence-corrected chi connectivity index (χ2v) is 9.06. The second kappa shape index (κ2) is 10.7. The number of hydrogen-bond acceptors (Lipinski definition) is 6. The van der Waals surface area contributed by atoms with Crippen molar-refractivity contribution in [2.24, 2.45) is 0 Å². The van der Waals surface area contributed by atoms with E-state index in [4.69, 9.17) is 17.8 Å².